The standard InChI is InChI=1S/C15H15N3O4S/c1-3-18-12-5-4-11(9-13(12)22-15(18)19)23(20,21)17-14-8-10(2)6-7-16-14/h4-9H,3H2,1-2H3,(H,16,17). The summed E-state index contributed by atoms with van der Waals surface area (Å²) in [7, 11) is -3.82. The SMILES string of the molecule is CCn1c(=O)oc2cc(S(=O)(=O)Nc3cc(C)ccn3)ccc21. The number of hydrogen-bond donors (Lipinski definition) is 1. The fourth-order valence-electron chi connectivity index (χ4n) is 2.30. The molecule has 0 saturated heterocycles. The molecule has 2 heterocycles. The van der Waals surface area contributed by atoms with Crippen molar-refractivity contribution in [2.75, 3.05) is 4.72 Å². The van der Waals surface area contributed by atoms with Crippen LogP contribution in [0.25, 0.3) is 11.1 Å². The van der Waals surface area contributed by atoms with Gasteiger partial charge < -0.3 is 4.42 Å². The molecule has 0 aliphatic rings. The summed E-state index contributed by atoms with van der Waals surface area (Å²) in [6, 6.07) is 7.72. The first-order valence-corrected chi connectivity index (χ1v) is 8.48. The highest BCUT2D eigenvalue weighted by Gasteiger charge is 2.18. The Kier molecular flexibility index (Phi) is 3.69. The van der Waals surface area contributed by atoms with Crippen molar-refractivity contribution < 1.29 is 12.8 Å². The molecule has 23 heavy (non-hydrogen) atoms. The van der Waals surface area contributed by atoms with Crippen LogP contribution in [0.3, 0.4) is 0 Å². The molecule has 0 unspecified atom stereocenters. The monoisotopic (exact) mass is 333 g/mol. The number of nitrogens with one attached hydrogen (secondary N) is 1. The minimum atomic E-state index is -3.82. The van der Waals surface area contributed by atoms with Crippen LogP contribution in [0.5, 0.6) is 0 Å². The maximum absolute atomic E-state index is 12.4. The van der Waals surface area contributed by atoms with E-state index in [1.54, 1.807) is 18.2 Å². The van der Waals surface area contributed by atoms with E-state index in [1.165, 1.54) is 22.9 Å². The van der Waals surface area contributed by atoms with Crippen LogP contribution in [-0.2, 0) is 16.6 Å². The number of benzene rings is 1. The number of fused-ring (bicyclic) bond motifs is 1. The molecule has 0 spiro atoms. The number of pyridine rings is 1. The molecule has 3 aromatic rings. The van der Waals surface area contributed by atoms with E-state index in [0.717, 1.165) is 5.56 Å². The lowest BCUT2D eigenvalue weighted by atomic mass is 10.3. The Hall–Kier alpha value is -2.61. The van der Waals surface area contributed by atoms with Crippen molar-refractivity contribution in [2.24, 2.45) is 0 Å². The minimum Gasteiger partial charge on any atom is -0.408 e. The molecule has 0 saturated carbocycles. The molecule has 1 aromatic carbocycles. The zero-order valence-electron chi connectivity index (χ0n) is 12.6. The number of nitrogens with zero attached hydrogens (tertiary/aromatic N) is 2. The average Bonchev–Trinajstić information content (AvgIpc) is 2.80. The van der Waals surface area contributed by atoms with Gasteiger partial charge in [-0.05, 0) is 43.7 Å². The summed E-state index contributed by atoms with van der Waals surface area (Å²) < 4.78 is 33.8. The van der Waals surface area contributed by atoms with E-state index in [4.69, 9.17) is 4.42 Å². The number of sulfonamides is 1. The Balaban J connectivity index is 2.03. The molecule has 1 N–H and O–H groups in total. The number of hydrogen-bond acceptors (Lipinski definition) is 5. The number of rotatable bonds is 4. The van der Waals surface area contributed by atoms with Gasteiger partial charge in [0.2, 0.25) is 0 Å². The number of oxazole rings is 1. The van der Waals surface area contributed by atoms with Crippen LogP contribution >= 0.6 is 0 Å². The molecule has 0 radical (unpaired) electrons. The number of anilines is 1. The van der Waals surface area contributed by atoms with E-state index in [-0.39, 0.29) is 16.3 Å². The first kappa shape index (κ1) is 15.3. The van der Waals surface area contributed by atoms with Gasteiger partial charge in [-0.3, -0.25) is 9.29 Å². The molecular formula is C15H15N3O4S. The van der Waals surface area contributed by atoms with E-state index >= 15 is 0 Å². The van der Waals surface area contributed by atoms with Crippen LogP contribution in [0.1, 0.15) is 12.5 Å². The first-order valence-electron chi connectivity index (χ1n) is 6.99. The van der Waals surface area contributed by atoms with Crippen LogP contribution in [0.15, 0.2) is 50.6 Å². The molecule has 0 amide bonds. The second kappa shape index (κ2) is 5.54. The molecule has 120 valence electrons. The first-order chi connectivity index (χ1) is 10.9. The predicted octanol–water partition coefficient (Wildman–Crippen LogP) is 2.12. The van der Waals surface area contributed by atoms with Crippen molar-refractivity contribution in [3.8, 4) is 0 Å². The lowest BCUT2D eigenvalue weighted by Gasteiger charge is -2.07. The van der Waals surface area contributed by atoms with Crippen molar-refractivity contribution in [1.82, 2.24) is 9.55 Å². The van der Waals surface area contributed by atoms with Gasteiger partial charge >= 0.3 is 5.76 Å². The van der Waals surface area contributed by atoms with Crippen LogP contribution in [-0.4, -0.2) is 18.0 Å². The van der Waals surface area contributed by atoms with Gasteiger partial charge in [0.15, 0.2) is 5.58 Å². The summed E-state index contributed by atoms with van der Waals surface area (Å²) in [5.74, 6) is -0.275. The van der Waals surface area contributed by atoms with Gasteiger partial charge in [-0.2, -0.15) is 0 Å². The third kappa shape index (κ3) is 2.85. The molecular weight excluding hydrogens is 318 g/mol. The molecule has 0 bridgehead atoms. The summed E-state index contributed by atoms with van der Waals surface area (Å²) >= 11 is 0. The largest absolute Gasteiger partial charge is 0.419 e. The predicted molar refractivity (Wildman–Crippen MR) is 85.9 cm³/mol. The Morgan fingerprint density at radius 3 is 2.74 bits per heavy atom. The highest BCUT2D eigenvalue weighted by molar-refractivity contribution is 7.92. The number of aryl methyl sites for hydroxylation is 2. The third-order valence-electron chi connectivity index (χ3n) is 3.42. The summed E-state index contributed by atoms with van der Waals surface area (Å²) in [6.45, 7) is 4.10. The van der Waals surface area contributed by atoms with Gasteiger partial charge in [0.1, 0.15) is 5.82 Å². The fourth-order valence-corrected chi connectivity index (χ4v) is 3.32. The van der Waals surface area contributed by atoms with Crippen LogP contribution in [0, 0.1) is 6.92 Å². The molecule has 0 fully saturated rings. The lowest BCUT2D eigenvalue weighted by Crippen LogP contribution is -2.14. The minimum absolute atomic E-state index is 0.00492. The normalized spacial score (nSPS) is 11.7. The highest BCUT2D eigenvalue weighted by atomic mass is 32.2. The second-order valence-corrected chi connectivity index (χ2v) is 6.75. The van der Waals surface area contributed by atoms with E-state index in [0.29, 0.717) is 12.1 Å². The Bertz CT molecular complexity index is 1030. The summed E-state index contributed by atoms with van der Waals surface area (Å²) in [5.41, 5.74) is 1.68. The smallest absolute Gasteiger partial charge is 0.408 e. The summed E-state index contributed by atoms with van der Waals surface area (Å²) in [6.07, 6.45) is 1.52. The van der Waals surface area contributed by atoms with Gasteiger partial charge in [-0.1, -0.05) is 0 Å². The van der Waals surface area contributed by atoms with E-state index in [9.17, 15) is 13.2 Å². The van der Waals surface area contributed by atoms with Crippen molar-refractivity contribution in [3.63, 3.8) is 0 Å². The summed E-state index contributed by atoms with van der Waals surface area (Å²) in [5, 5.41) is 0. The Labute approximate surface area is 132 Å². The zero-order chi connectivity index (χ0) is 16.6. The maximum atomic E-state index is 12.4. The second-order valence-electron chi connectivity index (χ2n) is 5.07. The molecule has 7 nitrogen and oxygen atoms in total. The van der Waals surface area contributed by atoms with Crippen molar-refractivity contribution in [1.29, 1.82) is 0 Å². The Morgan fingerprint density at radius 2 is 2.04 bits per heavy atom. The fraction of sp³-hybridized carbons (Fsp3) is 0.200. The molecule has 0 aliphatic carbocycles. The lowest BCUT2D eigenvalue weighted by molar-refractivity contribution is 0.512. The molecule has 3 rings (SSSR count). The highest BCUT2D eigenvalue weighted by Crippen LogP contribution is 2.20. The topological polar surface area (TPSA) is 94.2 Å². The van der Waals surface area contributed by atoms with E-state index in [1.807, 2.05) is 13.8 Å². The molecule has 0 atom stereocenters. The quantitative estimate of drug-likeness (QED) is 0.789. The summed E-state index contributed by atoms with van der Waals surface area (Å²) in [4.78, 5) is 15.7. The van der Waals surface area contributed by atoms with Gasteiger partial charge in [-0.15, -0.1) is 0 Å². The molecule has 2 aromatic heterocycles. The Morgan fingerprint density at radius 1 is 1.26 bits per heavy atom. The van der Waals surface area contributed by atoms with Gasteiger partial charge in [0.25, 0.3) is 10.0 Å². The maximum Gasteiger partial charge on any atom is 0.419 e. The van der Waals surface area contributed by atoms with E-state index in [2.05, 4.69) is 9.71 Å². The van der Waals surface area contributed by atoms with Crippen molar-refractivity contribution >= 4 is 26.9 Å². The van der Waals surface area contributed by atoms with Crippen molar-refractivity contribution in [2.45, 2.75) is 25.3 Å². The molecule has 8 heteroatoms. The van der Waals surface area contributed by atoms with E-state index < -0.39 is 15.8 Å². The van der Waals surface area contributed by atoms with Crippen molar-refractivity contribution in [3.05, 3.63) is 52.6 Å². The zero-order valence-corrected chi connectivity index (χ0v) is 13.4. The van der Waals surface area contributed by atoms with Crippen LogP contribution in [0.4, 0.5) is 5.82 Å². The third-order valence-corrected chi connectivity index (χ3v) is 4.77. The van der Waals surface area contributed by atoms with Crippen LogP contribution < -0.4 is 10.5 Å². The van der Waals surface area contributed by atoms with Gasteiger partial charge in [0, 0.05) is 18.8 Å². The van der Waals surface area contributed by atoms with Gasteiger partial charge in [-0.25, -0.2) is 18.2 Å². The van der Waals surface area contributed by atoms with Gasteiger partial charge in [0.05, 0.1) is 10.4 Å². The number of aromatic nitrogens is 2. The average molecular weight is 333 g/mol. The molecule has 0 aliphatic heterocycles. The van der Waals surface area contributed by atoms with Crippen LogP contribution in [0.2, 0.25) is 0 Å².